The first-order chi connectivity index (χ1) is 13.5. The van der Waals surface area contributed by atoms with Crippen LogP contribution in [0.5, 0.6) is 0 Å². The SMILES string of the molecule is C=CCNC(=O)c1ccccc1NC(=O)Cn1cnc2ccc(F)cc2c1=O. The van der Waals surface area contributed by atoms with E-state index in [0.29, 0.717) is 11.2 Å². The van der Waals surface area contributed by atoms with Crippen LogP contribution in [0.1, 0.15) is 10.4 Å². The van der Waals surface area contributed by atoms with Crippen LogP contribution in [0, 0.1) is 5.82 Å². The Labute approximate surface area is 159 Å². The van der Waals surface area contributed by atoms with Crippen molar-refractivity contribution in [3.63, 3.8) is 0 Å². The van der Waals surface area contributed by atoms with Crippen molar-refractivity contribution in [1.82, 2.24) is 14.9 Å². The summed E-state index contributed by atoms with van der Waals surface area (Å²) in [5.41, 5.74) is 0.398. The van der Waals surface area contributed by atoms with E-state index in [-0.39, 0.29) is 29.9 Å². The molecule has 0 fully saturated rings. The Balaban J connectivity index is 1.81. The fraction of sp³-hybridized carbons (Fsp3) is 0.100. The van der Waals surface area contributed by atoms with Crippen LogP contribution in [0.3, 0.4) is 0 Å². The van der Waals surface area contributed by atoms with Crippen LogP contribution < -0.4 is 16.2 Å². The first-order valence-electron chi connectivity index (χ1n) is 8.42. The number of benzene rings is 2. The highest BCUT2D eigenvalue weighted by Gasteiger charge is 2.14. The maximum Gasteiger partial charge on any atom is 0.261 e. The lowest BCUT2D eigenvalue weighted by atomic mass is 10.1. The molecule has 0 bridgehead atoms. The van der Waals surface area contributed by atoms with Crippen molar-refractivity contribution in [2.75, 3.05) is 11.9 Å². The molecule has 1 aromatic heterocycles. The highest BCUT2D eigenvalue weighted by Crippen LogP contribution is 2.15. The van der Waals surface area contributed by atoms with E-state index in [2.05, 4.69) is 22.2 Å². The van der Waals surface area contributed by atoms with E-state index in [1.165, 1.54) is 18.5 Å². The van der Waals surface area contributed by atoms with E-state index in [1.54, 1.807) is 30.3 Å². The molecule has 142 valence electrons. The average Bonchev–Trinajstić information content (AvgIpc) is 2.69. The predicted molar refractivity (Wildman–Crippen MR) is 104 cm³/mol. The number of para-hydroxylation sites is 1. The van der Waals surface area contributed by atoms with Gasteiger partial charge in [-0.05, 0) is 30.3 Å². The number of nitrogens with one attached hydrogen (secondary N) is 2. The van der Waals surface area contributed by atoms with Crippen molar-refractivity contribution in [3.05, 3.63) is 83.2 Å². The summed E-state index contributed by atoms with van der Waals surface area (Å²) in [6, 6.07) is 10.2. The van der Waals surface area contributed by atoms with Gasteiger partial charge in [0.25, 0.3) is 11.5 Å². The average molecular weight is 380 g/mol. The molecule has 3 rings (SSSR count). The van der Waals surface area contributed by atoms with Crippen LogP contribution in [-0.4, -0.2) is 27.9 Å². The first-order valence-corrected chi connectivity index (χ1v) is 8.42. The van der Waals surface area contributed by atoms with Crippen molar-refractivity contribution in [3.8, 4) is 0 Å². The van der Waals surface area contributed by atoms with Gasteiger partial charge in [0.1, 0.15) is 12.4 Å². The minimum atomic E-state index is -0.562. The van der Waals surface area contributed by atoms with Crippen molar-refractivity contribution >= 4 is 28.4 Å². The third-order valence-corrected chi connectivity index (χ3v) is 3.95. The highest BCUT2D eigenvalue weighted by molar-refractivity contribution is 6.03. The van der Waals surface area contributed by atoms with Crippen LogP contribution in [0.2, 0.25) is 0 Å². The molecule has 8 heteroatoms. The van der Waals surface area contributed by atoms with Gasteiger partial charge in [-0.2, -0.15) is 0 Å². The Morgan fingerprint density at radius 1 is 1.21 bits per heavy atom. The summed E-state index contributed by atoms with van der Waals surface area (Å²) in [5.74, 6) is -1.45. The van der Waals surface area contributed by atoms with Crippen molar-refractivity contribution in [2.24, 2.45) is 0 Å². The second-order valence-electron chi connectivity index (χ2n) is 5.93. The maximum atomic E-state index is 13.4. The number of rotatable bonds is 6. The maximum absolute atomic E-state index is 13.4. The quantitative estimate of drug-likeness (QED) is 0.641. The van der Waals surface area contributed by atoms with Crippen LogP contribution in [0.15, 0.2) is 66.2 Å². The minimum Gasteiger partial charge on any atom is -0.349 e. The highest BCUT2D eigenvalue weighted by atomic mass is 19.1. The zero-order valence-electron chi connectivity index (χ0n) is 14.8. The normalized spacial score (nSPS) is 10.5. The number of nitrogens with zero attached hydrogens (tertiary/aromatic N) is 2. The lowest BCUT2D eigenvalue weighted by Crippen LogP contribution is -2.29. The lowest BCUT2D eigenvalue weighted by molar-refractivity contribution is -0.116. The summed E-state index contributed by atoms with van der Waals surface area (Å²) < 4.78 is 14.5. The number of amides is 2. The molecule has 2 amide bonds. The summed E-state index contributed by atoms with van der Waals surface area (Å²) in [5, 5.41) is 5.34. The van der Waals surface area contributed by atoms with E-state index in [9.17, 15) is 18.8 Å². The molecule has 3 aromatic rings. The van der Waals surface area contributed by atoms with Gasteiger partial charge in [-0.25, -0.2) is 9.37 Å². The van der Waals surface area contributed by atoms with E-state index < -0.39 is 17.3 Å². The van der Waals surface area contributed by atoms with E-state index in [0.717, 1.165) is 10.6 Å². The van der Waals surface area contributed by atoms with Gasteiger partial charge < -0.3 is 10.6 Å². The smallest absolute Gasteiger partial charge is 0.261 e. The second kappa shape index (κ2) is 8.26. The number of hydrogen-bond acceptors (Lipinski definition) is 4. The van der Waals surface area contributed by atoms with E-state index >= 15 is 0 Å². The number of hydrogen-bond donors (Lipinski definition) is 2. The second-order valence-corrected chi connectivity index (χ2v) is 5.93. The predicted octanol–water partition coefficient (Wildman–Crippen LogP) is 2.09. The van der Waals surface area contributed by atoms with Crippen LogP contribution in [0.4, 0.5) is 10.1 Å². The van der Waals surface area contributed by atoms with Crippen LogP contribution in [-0.2, 0) is 11.3 Å². The molecule has 7 nitrogen and oxygen atoms in total. The van der Waals surface area contributed by atoms with Crippen molar-refractivity contribution in [2.45, 2.75) is 6.54 Å². The summed E-state index contributed by atoms with van der Waals surface area (Å²) in [6.45, 7) is 3.49. The van der Waals surface area contributed by atoms with Gasteiger partial charge in [0.15, 0.2) is 0 Å². The Morgan fingerprint density at radius 3 is 2.79 bits per heavy atom. The number of halogens is 1. The van der Waals surface area contributed by atoms with Gasteiger partial charge in [0, 0.05) is 6.54 Å². The number of carbonyl (C=O) groups is 2. The van der Waals surface area contributed by atoms with Gasteiger partial charge in [0.2, 0.25) is 5.91 Å². The Hall–Kier alpha value is -3.81. The topological polar surface area (TPSA) is 93.1 Å². The number of aromatic nitrogens is 2. The molecule has 0 aliphatic heterocycles. The summed E-state index contributed by atoms with van der Waals surface area (Å²) in [7, 11) is 0. The monoisotopic (exact) mass is 380 g/mol. The largest absolute Gasteiger partial charge is 0.349 e. The zero-order valence-corrected chi connectivity index (χ0v) is 14.8. The standard InChI is InChI=1S/C20H17FN4O3/c1-2-9-22-19(27)14-5-3-4-6-17(14)24-18(26)11-25-12-23-16-8-7-13(21)10-15(16)20(25)28/h2-8,10,12H,1,9,11H2,(H,22,27)(H,24,26). The third kappa shape index (κ3) is 4.12. The third-order valence-electron chi connectivity index (χ3n) is 3.95. The fourth-order valence-corrected chi connectivity index (χ4v) is 2.64. The summed E-state index contributed by atoms with van der Waals surface area (Å²) in [6.07, 6.45) is 2.77. The molecule has 0 saturated heterocycles. The summed E-state index contributed by atoms with van der Waals surface area (Å²) >= 11 is 0. The van der Waals surface area contributed by atoms with Gasteiger partial charge in [-0.3, -0.25) is 19.0 Å². The number of fused-ring (bicyclic) bond motifs is 1. The van der Waals surface area contributed by atoms with Gasteiger partial charge >= 0.3 is 0 Å². The van der Waals surface area contributed by atoms with Crippen LogP contribution in [0.25, 0.3) is 10.9 Å². The summed E-state index contributed by atoms with van der Waals surface area (Å²) in [4.78, 5) is 41.1. The molecule has 0 aliphatic carbocycles. The first kappa shape index (κ1) is 19.0. The molecule has 28 heavy (non-hydrogen) atoms. The molecule has 0 atom stereocenters. The number of anilines is 1. The molecule has 2 N–H and O–H groups in total. The lowest BCUT2D eigenvalue weighted by Gasteiger charge is -2.12. The Bertz CT molecular complexity index is 1120. The molecule has 0 spiro atoms. The molecule has 0 aliphatic rings. The molecule has 1 heterocycles. The molecule has 2 aromatic carbocycles. The van der Waals surface area contributed by atoms with E-state index in [4.69, 9.17) is 0 Å². The minimum absolute atomic E-state index is 0.0829. The molecule has 0 unspecified atom stereocenters. The van der Waals surface area contributed by atoms with Gasteiger partial charge in [-0.1, -0.05) is 18.2 Å². The Morgan fingerprint density at radius 2 is 2.00 bits per heavy atom. The molecule has 0 saturated carbocycles. The molecular weight excluding hydrogens is 363 g/mol. The van der Waals surface area contributed by atoms with Crippen LogP contribution >= 0.6 is 0 Å². The molecular formula is C20H17FN4O3. The van der Waals surface area contributed by atoms with Gasteiger partial charge in [-0.15, -0.1) is 6.58 Å². The fourth-order valence-electron chi connectivity index (χ4n) is 2.64. The van der Waals surface area contributed by atoms with Gasteiger partial charge in [0.05, 0.1) is 28.5 Å². The van der Waals surface area contributed by atoms with E-state index in [1.807, 2.05) is 0 Å². The van der Waals surface area contributed by atoms with Crippen molar-refractivity contribution in [1.29, 1.82) is 0 Å². The zero-order chi connectivity index (χ0) is 20.1. The number of carbonyl (C=O) groups excluding carboxylic acids is 2. The van der Waals surface area contributed by atoms with Crippen molar-refractivity contribution < 1.29 is 14.0 Å². The Kier molecular flexibility index (Phi) is 5.59. The molecule has 0 radical (unpaired) electrons.